The summed E-state index contributed by atoms with van der Waals surface area (Å²) in [5.41, 5.74) is 5.87. The Bertz CT molecular complexity index is 507. The first-order valence-electron chi connectivity index (χ1n) is 6.10. The van der Waals surface area contributed by atoms with Crippen LogP contribution >= 0.6 is 0 Å². The van der Waals surface area contributed by atoms with Gasteiger partial charge in [0.2, 0.25) is 0 Å². The van der Waals surface area contributed by atoms with Crippen molar-refractivity contribution in [3.63, 3.8) is 0 Å². The molecule has 4 N–H and O–H groups in total. The number of carbonyl (C=O) groups is 2. The maximum Gasteiger partial charge on any atom is 0.306 e. The zero-order chi connectivity index (χ0) is 14.0. The molecule has 0 spiro atoms. The van der Waals surface area contributed by atoms with Gasteiger partial charge in [-0.25, -0.2) is 0 Å². The zero-order valence-electron chi connectivity index (χ0n) is 10.4. The Labute approximate surface area is 110 Å². The van der Waals surface area contributed by atoms with Gasteiger partial charge in [0, 0.05) is 13.1 Å². The number of carbonyl (C=O) groups excluding carboxylic acids is 1. The number of phenols is 1. The number of aliphatic carboxylic acids is 1. The number of nitrogens with two attached hydrogens (primary N) is 1. The number of likely N-dealkylation sites (tertiary alicyclic amines) is 1. The summed E-state index contributed by atoms with van der Waals surface area (Å²) in [6.07, 6.45) is 0.869. The zero-order valence-corrected chi connectivity index (χ0v) is 10.4. The summed E-state index contributed by atoms with van der Waals surface area (Å²) in [5.74, 6) is -1.74. The maximum absolute atomic E-state index is 12.2. The Kier molecular flexibility index (Phi) is 3.59. The number of hydrogen-bond acceptors (Lipinski definition) is 4. The van der Waals surface area contributed by atoms with Crippen LogP contribution in [0.25, 0.3) is 0 Å². The first kappa shape index (κ1) is 13.2. The number of nitrogen functional groups attached to an aromatic ring is 1. The molecule has 1 heterocycles. The molecule has 0 atom stereocenters. The van der Waals surface area contributed by atoms with Crippen LogP contribution in [-0.4, -0.2) is 40.1 Å². The summed E-state index contributed by atoms with van der Waals surface area (Å²) in [6.45, 7) is 0.758. The van der Waals surface area contributed by atoms with E-state index in [2.05, 4.69) is 0 Å². The molecule has 1 aliphatic heterocycles. The Morgan fingerprint density at radius 3 is 2.47 bits per heavy atom. The monoisotopic (exact) mass is 264 g/mol. The van der Waals surface area contributed by atoms with Gasteiger partial charge in [-0.1, -0.05) is 6.07 Å². The molecule has 0 saturated carbocycles. The quantitative estimate of drug-likeness (QED) is 0.544. The average Bonchev–Trinajstić information content (AvgIpc) is 2.41. The molecule has 0 bridgehead atoms. The summed E-state index contributed by atoms with van der Waals surface area (Å²) in [5, 5.41) is 18.7. The summed E-state index contributed by atoms with van der Waals surface area (Å²) in [6, 6.07) is 4.63. The fraction of sp³-hybridized carbons (Fsp3) is 0.385. The Hall–Kier alpha value is -2.24. The number of benzene rings is 1. The number of nitrogens with zero attached hydrogens (tertiary/aromatic N) is 1. The Balaban J connectivity index is 2.09. The van der Waals surface area contributed by atoms with Gasteiger partial charge < -0.3 is 20.8 Å². The fourth-order valence-corrected chi connectivity index (χ4v) is 2.23. The predicted octanol–water partition coefficient (Wildman–Crippen LogP) is 0.911. The van der Waals surface area contributed by atoms with Gasteiger partial charge in [0.1, 0.15) is 0 Å². The molecule has 0 unspecified atom stereocenters. The predicted molar refractivity (Wildman–Crippen MR) is 68.8 cm³/mol. The minimum atomic E-state index is -0.820. The largest absolute Gasteiger partial charge is 0.505 e. The van der Waals surface area contributed by atoms with E-state index < -0.39 is 11.9 Å². The molecule has 6 nitrogen and oxygen atoms in total. The second-order valence-corrected chi connectivity index (χ2v) is 4.65. The number of carboxylic acids is 1. The topological polar surface area (TPSA) is 104 Å². The van der Waals surface area contributed by atoms with Crippen molar-refractivity contribution in [2.24, 2.45) is 5.92 Å². The second kappa shape index (κ2) is 5.17. The van der Waals surface area contributed by atoms with Crippen molar-refractivity contribution >= 4 is 17.6 Å². The van der Waals surface area contributed by atoms with Gasteiger partial charge in [0.05, 0.1) is 17.2 Å². The lowest BCUT2D eigenvalue weighted by Gasteiger charge is -2.30. The lowest BCUT2D eigenvalue weighted by atomic mass is 9.96. The number of anilines is 1. The van der Waals surface area contributed by atoms with E-state index in [0.717, 1.165) is 0 Å². The van der Waals surface area contributed by atoms with E-state index in [4.69, 9.17) is 10.8 Å². The van der Waals surface area contributed by atoms with Crippen molar-refractivity contribution in [1.82, 2.24) is 4.90 Å². The van der Waals surface area contributed by atoms with Gasteiger partial charge >= 0.3 is 5.97 Å². The summed E-state index contributed by atoms with van der Waals surface area (Å²) >= 11 is 0. The van der Waals surface area contributed by atoms with Crippen molar-refractivity contribution in [3.05, 3.63) is 23.8 Å². The van der Waals surface area contributed by atoms with Crippen molar-refractivity contribution in [2.45, 2.75) is 12.8 Å². The molecule has 2 rings (SSSR count). The Morgan fingerprint density at radius 2 is 1.89 bits per heavy atom. The molecule has 0 aromatic heterocycles. The number of aromatic hydroxyl groups is 1. The van der Waals surface area contributed by atoms with Gasteiger partial charge in [-0.15, -0.1) is 0 Å². The van der Waals surface area contributed by atoms with Crippen molar-refractivity contribution < 1.29 is 19.8 Å². The number of hydrogen-bond donors (Lipinski definition) is 3. The maximum atomic E-state index is 12.2. The van der Waals surface area contributed by atoms with Crippen LogP contribution in [0.5, 0.6) is 5.75 Å². The molecule has 0 aliphatic carbocycles. The van der Waals surface area contributed by atoms with Crippen molar-refractivity contribution in [3.8, 4) is 5.75 Å². The molecule has 102 valence electrons. The number of piperidine rings is 1. The fourth-order valence-electron chi connectivity index (χ4n) is 2.23. The molecule has 1 saturated heterocycles. The van der Waals surface area contributed by atoms with Gasteiger partial charge in [-0.2, -0.15) is 0 Å². The molecule has 1 fully saturated rings. The van der Waals surface area contributed by atoms with Crippen LogP contribution in [0, 0.1) is 5.92 Å². The molecule has 6 heteroatoms. The van der Waals surface area contributed by atoms with Crippen molar-refractivity contribution in [1.29, 1.82) is 0 Å². The third-order valence-corrected chi connectivity index (χ3v) is 3.43. The number of rotatable bonds is 2. The van der Waals surface area contributed by atoms with Gasteiger partial charge in [0.25, 0.3) is 5.91 Å². The van der Waals surface area contributed by atoms with E-state index in [9.17, 15) is 14.7 Å². The standard InChI is InChI=1S/C13H16N2O4/c14-10-3-1-2-9(11(10)16)12(17)15-6-4-8(5-7-15)13(18)19/h1-3,8,16H,4-7,14H2,(H,18,19). The van der Waals surface area contributed by atoms with E-state index >= 15 is 0 Å². The molecule has 0 radical (unpaired) electrons. The van der Waals surface area contributed by atoms with Crippen LogP contribution in [0.15, 0.2) is 18.2 Å². The number of carboxylic acid groups (broad SMARTS) is 1. The molecular weight excluding hydrogens is 248 g/mol. The van der Waals surface area contributed by atoms with Crippen molar-refractivity contribution in [2.75, 3.05) is 18.8 Å². The van der Waals surface area contributed by atoms with Gasteiger partial charge in [-0.3, -0.25) is 9.59 Å². The van der Waals surface area contributed by atoms with Crippen LogP contribution in [0.3, 0.4) is 0 Å². The Morgan fingerprint density at radius 1 is 1.26 bits per heavy atom. The third kappa shape index (κ3) is 2.62. The van der Waals surface area contributed by atoms with Crippen LogP contribution < -0.4 is 5.73 Å². The molecule has 1 aliphatic rings. The molecule has 1 aromatic carbocycles. The third-order valence-electron chi connectivity index (χ3n) is 3.43. The summed E-state index contributed by atoms with van der Waals surface area (Å²) < 4.78 is 0. The minimum absolute atomic E-state index is 0.159. The SMILES string of the molecule is Nc1cccc(C(=O)N2CCC(C(=O)O)CC2)c1O. The van der Waals surface area contributed by atoms with E-state index in [1.54, 1.807) is 11.0 Å². The first-order chi connectivity index (χ1) is 9.00. The van der Waals surface area contributed by atoms with E-state index in [0.29, 0.717) is 25.9 Å². The second-order valence-electron chi connectivity index (χ2n) is 4.65. The van der Waals surface area contributed by atoms with Crippen LogP contribution in [-0.2, 0) is 4.79 Å². The van der Waals surface area contributed by atoms with Crippen LogP contribution in [0.2, 0.25) is 0 Å². The van der Waals surface area contributed by atoms with Crippen LogP contribution in [0.1, 0.15) is 23.2 Å². The molecule has 19 heavy (non-hydrogen) atoms. The first-order valence-corrected chi connectivity index (χ1v) is 6.10. The summed E-state index contributed by atoms with van der Waals surface area (Å²) in [7, 11) is 0. The highest BCUT2D eigenvalue weighted by Gasteiger charge is 2.28. The highest BCUT2D eigenvalue weighted by Crippen LogP contribution is 2.27. The number of amides is 1. The molecular formula is C13H16N2O4. The van der Waals surface area contributed by atoms with E-state index in [-0.39, 0.29) is 22.9 Å². The molecule has 1 amide bonds. The lowest BCUT2D eigenvalue weighted by Crippen LogP contribution is -2.40. The van der Waals surface area contributed by atoms with Gasteiger partial charge in [-0.05, 0) is 25.0 Å². The molecule has 1 aromatic rings. The highest BCUT2D eigenvalue weighted by molar-refractivity contribution is 5.98. The smallest absolute Gasteiger partial charge is 0.306 e. The summed E-state index contributed by atoms with van der Waals surface area (Å²) in [4.78, 5) is 24.6. The van der Waals surface area contributed by atoms with E-state index in [1.807, 2.05) is 0 Å². The normalized spacial score (nSPS) is 16.3. The number of para-hydroxylation sites is 1. The highest BCUT2D eigenvalue weighted by atomic mass is 16.4. The minimum Gasteiger partial charge on any atom is -0.505 e. The number of phenolic OH excluding ortho intramolecular Hbond substituents is 1. The van der Waals surface area contributed by atoms with Gasteiger partial charge in [0.15, 0.2) is 5.75 Å². The van der Waals surface area contributed by atoms with E-state index in [1.165, 1.54) is 12.1 Å². The lowest BCUT2D eigenvalue weighted by molar-refractivity contribution is -0.143. The van der Waals surface area contributed by atoms with Crippen LogP contribution in [0.4, 0.5) is 5.69 Å². The average molecular weight is 264 g/mol.